The van der Waals surface area contributed by atoms with Crippen molar-refractivity contribution in [3.63, 3.8) is 0 Å². The fourth-order valence-corrected chi connectivity index (χ4v) is 2.91. The van der Waals surface area contributed by atoms with Crippen LogP contribution in [0.15, 0.2) is 0 Å². The molecule has 0 aromatic carbocycles. The van der Waals surface area contributed by atoms with Gasteiger partial charge in [0.05, 0.1) is 0 Å². The highest BCUT2D eigenvalue weighted by molar-refractivity contribution is 5.79. The molecule has 3 heteroatoms. The van der Waals surface area contributed by atoms with E-state index in [0.29, 0.717) is 6.04 Å². The van der Waals surface area contributed by atoms with Crippen LogP contribution in [0.4, 0.5) is 0 Å². The highest BCUT2D eigenvalue weighted by Crippen LogP contribution is 2.37. The topological polar surface area (TPSA) is 49.3 Å². The van der Waals surface area contributed by atoms with Gasteiger partial charge in [-0.2, -0.15) is 0 Å². The van der Waals surface area contributed by atoms with Gasteiger partial charge in [0, 0.05) is 6.04 Å². The molecular weight excluding hydrogens is 202 g/mol. The van der Waals surface area contributed by atoms with Crippen molar-refractivity contribution >= 4 is 5.97 Å². The molecule has 0 bridgehead atoms. The summed E-state index contributed by atoms with van der Waals surface area (Å²) in [6.45, 7) is 2.21. The van der Waals surface area contributed by atoms with Gasteiger partial charge in [0.15, 0.2) is 0 Å². The van der Waals surface area contributed by atoms with Gasteiger partial charge >= 0.3 is 5.97 Å². The van der Waals surface area contributed by atoms with Crippen molar-refractivity contribution in [2.24, 2.45) is 5.92 Å². The molecule has 2 aliphatic carbocycles. The molecular formula is C13H23NO2. The Balaban J connectivity index is 1.92. The molecule has 0 unspecified atom stereocenters. The van der Waals surface area contributed by atoms with E-state index in [1.54, 1.807) is 0 Å². The van der Waals surface area contributed by atoms with Crippen LogP contribution in [0.2, 0.25) is 0 Å². The maximum absolute atomic E-state index is 11.4. The van der Waals surface area contributed by atoms with Gasteiger partial charge < -0.3 is 5.11 Å². The van der Waals surface area contributed by atoms with Crippen LogP contribution in [0.1, 0.15) is 58.3 Å². The van der Waals surface area contributed by atoms with Gasteiger partial charge in [-0.25, -0.2) is 0 Å². The zero-order valence-corrected chi connectivity index (χ0v) is 10.2. The highest BCUT2D eigenvalue weighted by Gasteiger charge is 2.44. The molecule has 0 aromatic heterocycles. The number of carboxylic acids is 1. The molecule has 0 spiro atoms. The number of rotatable bonds is 5. The minimum atomic E-state index is -0.630. The van der Waals surface area contributed by atoms with Crippen LogP contribution in [-0.4, -0.2) is 22.7 Å². The van der Waals surface area contributed by atoms with E-state index in [9.17, 15) is 9.90 Å². The van der Waals surface area contributed by atoms with E-state index in [4.69, 9.17) is 0 Å². The second-order valence-corrected chi connectivity index (χ2v) is 5.54. The molecule has 92 valence electrons. The Morgan fingerprint density at radius 1 is 1.31 bits per heavy atom. The average Bonchev–Trinajstić information content (AvgIpc) is 3.05. The van der Waals surface area contributed by atoms with Crippen molar-refractivity contribution in [3.8, 4) is 0 Å². The van der Waals surface area contributed by atoms with Crippen LogP contribution >= 0.6 is 0 Å². The molecule has 0 aliphatic heterocycles. The van der Waals surface area contributed by atoms with Crippen molar-refractivity contribution in [3.05, 3.63) is 0 Å². The van der Waals surface area contributed by atoms with Crippen molar-refractivity contribution in [2.45, 2.75) is 69.9 Å². The lowest BCUT2D eigenvalue weighted by atomic mass is 9.75. The predicted octanol–water partition coefficient (Wildman–Crippen LogP) is 2.55. The van der Waals surface area contributed by atoms with E-state index >= 15 is 0 Å². The van der Waals surface area contributed by atoms with E-state index in [1.165, 1.54) is 12.8 Å². The first-order valence-corrected chi connectivity index (χ1v) is 6.67. The molecule has 0 atom stereocenters. The predicted molar refractivity (Wildman–Crippen MR) is 63.4 cm³/mol. The Morgan fingerprint density at radius 3 is 2.38 bits per heavy atom. The number of hydrogen-bond donors (Lipinski definition) is 2. The van der Waals surface area contributed by atoms with Crippen LogP contribution < -0.4 is 5.32 Å². The minimum Gasteiger partial charge on any atom is -0.480 e. The quantitative estimate of drug-likeness (QED) is 0.756. The second-order valence-electron chi connectivity index (χ2n) is 5.54. The van der Waals surface area contributed by atoms with Crippen molar-refractivity contribution < 1.29 is 9.90 Å². The zero-order valence-electron chi connectivity index (χ0n) is 10.2. The fourth-order valence-electron chi connectivity index (χ4n) is 2.91. The van der Waals surface area contributed by atoms with Crippen LogP contribution in [0.3, 0.4) is 0 Å². The van der Waals surface area contributed by atoms with Crippen molar-refractivity contribution in [1.82, 2.24) is 5.32 Å². The largest absolute Gasteiger partial charge is 0.480 e. The Bertz CT molecular complexity index is 253. The van der Waals surface area contributed by atoms with Crippen molar-refractivity contribution in [2.75, 3.05) is 0 Å². The molecule has 2 rings (SSSR count). The van der Waals surface area contributed by atoms with Gasteiger partial charge in [0.2, 0.25) is 0 Å². The molecule has 0 aromatic rings. The monoisotopic (exact) mass is 225 g/mol. The van der Waals surface area contributed by atoms with Gasteiger partial charge in [0.1, 0.15) is 5.54 Å². The summed E-state index contributed by atoms with van der Waals surface area (Å²) < 4.78 is 0. The Kier molecular flexibility index (Phi) is 3.53. The van der Waals surface area contributed by atoms with Crippen LogP contribution in [0, 0.1) is 5.92 Å². The van der Waals surface area contributed by atoms with E-state index in [-0.39, 0.29) is 0 Å². The Hall–Kier alpha value is -0.570. The summed E-state index contributed by atoms with van der Waals surface area (Å²) in [6.07, 6.45) is 8.62. The van der Waals surface area contributed by atoms with E-state index in [2.05, 4.69) is 12.2 Å². The van der Waals surface area contributed by atoms with Gasteiger partial charge in [-0.15, -0.1) is 0 Å². The number of nitrogens with one attached hydrogen (secondary N) is 1. The molecule has 2 N–H and O–H groups in total. The van der Waals surface area contributed by atoms with E-state index in [0.717, 1.165) is 44.4 Å². The Labute approximate surface area is 97.6 Å². The van der Waals surface area contributed by atoms with E-state index < -0.39 is 11.5 Å². The van der Waals surface area contributed by atoms with Crippen LogP contribution in [-0.2, 0) is 4.79 Å². The molecule has 16 heavy (non-hydrogen) atoms. The first kappa shape index (κ1) is 11.9. The molecule has 3 nitrogen and oxygen atoms in total. The second kappa shape index (κ2) is 4.74. The highest BCUT2D eigenvalue weighted by atomic mass is 16.4. The van der Waals surface area contributed by atoms with Gasteiger partial charge in [-0.3, -0.25) is 10.1 Å². The van der Waals surface area contributed by atoms with Gasteiger partial charge in [-0.05, 0) is 44.4 Å². The number of carboxylic acid groups (broad SMARTS) is 1. The van der Waals surface area contributed by atoms with Gasteiger partial charge in [0.25, 0.3) is 0 Å². The summed E-state index contributed by atoms with van der Waals surface area (Å²) in [7, 11) is 0. The molecule has 0 amide bonds. The normalized spacial score (nSPS) is 34.9. The third kappa shape index (κ3) is 2.57. The Morgan fingerprint density at radius 2 is 1.94 bits per heavy atom. The maximum Gasteiger partial charge on any atom is 0.323 e. The summed E-state index contributed by atoms with van der Waals surface area (Å²) in [4.78, 5) is 11.4. The van der Waals surface area contributed by atoms with E-state index in [1.807, 2.05) is 0 Å². The lowest BCUT2D eigenvalue weighted by molar-refractivity contribution is -0.147. The minimum absolute atomic E-state index is 0.485. The standard InChI is InChI=1S/C13H23NO2/c1-2-3-10-6-8-13(9-7-10,12(15)16)14-11-4-5-11/h10-11,14H,2-9H2,1H3,(H,15,16). The van der Waals surface area contributed by atoms with Crippen molar-refractivity contribution in [1.29, 1.82) is 0 Å². The van der Waals surface area contributed by atoms with Crippen LogP contribution in [0.5, 0.6) is 0 Å². The van der Waals surface area contributed by atoms with Gasteiger partial charge in [-0.1, -0.05) is 19.8 Å². The number of carbonyl (C=O) groups is 1. The zero-order chi connectivity index (χ0) is 11.6. The SMILES string of the molecule is CCCC1CCC(NC2CC2)(C(=O)O)CC1. The third-order valence-electron chi connectivity index (χ3n) is 4.12. The summed E-state index contributed by atoms with van der Waals surface area (Å²) >= 11 is 0. The smallest absolute Gasteiger partial charge is 0.323 e. The first-order valence-electron chi connectivity index (χ1n) is 6.67. The summed E-state index contributed by atoms with van der Waals surface area (Å²) in [5, 5.41) is 12.8. The summed E-state index contributed by atoms with van der Waals surface area (Å²) in [5.41, 5.74) is -0.592. The number of aliphatic carboxylic acids is 1. The van der Waals surface area contributed by atoms with Crippen LogP contribution in [0.25, 0.3) is 0 Å². The molecule has 0 radical (unpaired) electrons. The lowest BCUT2D eigenvalue weighted by Gasteiger charge is -2.37. The lowest BCUT2D eigenvalue weighted by Crippen LogP contribution is -2.55. The maximum atomic E-state index is 11.4. The molecule has 0 heterocycles. The molecule has 2 fully saturated rings. The average molecular weight is 225 g/mol. The molecule has 2 aliphatic rings. The first-order chi connectivity index (χ1) is 7.66. The summed E-state index contributed by atoms with van der Waals surface area (Å²) in [5.74, 6) is 0.132. The molecule has 2 saturated carbocycles. The third-order valence-corrected chi connectivity index (χ3v) is 4.12. The summed E-state index contributed by atoms with van der Waals surface area (Å²) in [6, 6.07) is 0.485. The number of hydrogen-bond acceptors (Lipinski definition) is 2. The molecule has 0 saturated heterocycles. The fraction of sp³-hybridized carbons (Fsp3) is 0.923.